The van der Waals surface area contributed by atoms with Crippen molar-refractivity contribution in [2.45, 2.75) is 54.4 Å². The second kappa shape index (κ2) is 8.03. The Morgan fingerprint density at radius 1 is 0.741 bits per heavy atom. The van der Waals surface area contributed by atoms with E-state index in [1.807, 2.05) is 0 Å². The fourth-order valence-electron chi connectivity index (χ4n) is 3.38. The molecule has 0 radical (unpaired) electrons. The van der Waals surface area contributed by atoms with E-state index >= 15 is 0 Å². The molecule has 0 aliphatic rings. The second-order valence-corrected chi connectivity index (χ2v) is 8.33. The molecule has 4 nitrogen and oxygen atoms in total. The van der Waals surface area contributed by atoms with Crippen LogP contribution in [0.1, 0.15) is 50.2 Å². The van der Waals surface area contributed by atoms with Crippen LogP contribution in [0.5, 0.6) is 0 Å². The van der Waals surface area contributed by atoms with Crippen molar-refractivity contribution in [3.05, 3.63) is 52.8 Å². The molecule has 2 aromatic heterocycles. The summed E-state index contributed by atoms with van der Waals surface area (Å²) in [6.07, 6.45) is 1.88. The summed E-state index contributed by atoms with van der Waals surface area (Å²) < 4.78 is 5.62. The quantitative estimate of drug-likeness (QED) is 0.554. The fraction of sp³-hybridized carbons (Fsp3) is 0.435. The van der Waals surface area contributed by atoms with Crippen molar-refractivity contribution in [3.63, 3.8) is 0 Å². The lowest BCUT2D eigenvalue weighted by Crippen LogP contribution is -2.04. The smallest absolute Gasteiger partial charge is 0.258 e. The van der Waals surface area contributed by atoms with Gasteiger partial charge in [-0.25, -0.2) is 0 Å². The summed E-state index contributed by atoms with van der Waals surface area (Å²) in [5.41, 5.74) is 6.51. The highest BCUT2D eigenvalue weighted by Gasteiger charge is 2.15. The monoisotopic (exact) mass is 363 g/mol. The van der Waals surface area contributed by atoms with E-state index < -0.39 is 0 Å². The normalized spacial score (nSPS) is 11.6. The van der Waals surface area contributed by atoms with E-state index in [4.69, 9.17) is 9.51 Å². The van der Waals surface area contributed by atoms with Crippen LogP contribution in [0, 0.1) is 25.7 Å². The maximum Gasteiger partial charge on any atom is 0.258 e. The first kappa shape index (κ1) is 19.3. The van der Waals surface area contributed by atoms with Crippen LogP contribution in [0.4, 0.5) is 0 Å². The zero-order valence-corrected chi connectivity index (χ0v) is 17.2. The van der Waals surface area contributed by atoms with Gasteiger partial charge >= 0.3 is 0 Å². The summed E-state index contributed by atoms with van der Waals surface area (Å²) in [5, 5.41) is 4.22. The molecule has 27 heavy (non-hydrogen) atoms. The first-order valence-corrected chi connectivity index (χ1v) is 9.72. The minimum Gasteiger partial charge on any atom is -0.334 e. The zero-order chi connectivity index (χ0) is 19.6. The van der Waals surface area contributed by atoms with Crippen molar-refractivity contribution in [2.75, 3.05) is 0 Å². The molecule has 0 N–H and O–H groups in total. The number of rotatable bonds is 6. The third-order valence-electron chi connectivity index (χ3n) is 4.32. The minimum atomic E-state index is 0.549. The Hall–Kier alpha value is -2.49. The molecule has 0 fully saturated rings. The predicted molar refractivity (Wildman–Crippen MR) is 110 cm³/mol. The van der Waals surface area contributed by atoms with Gasteiger partial charge in [-0.1, -0.05) is 50.0 Å². The van der Waals surface area contributed by atoms with Crippen LogP contribution in [0.15, 0.2) is 34.9 Å². The fourth-order valence-corrected chi connectivity index (χ4v) is 3.38. The first-order valence-electron chi connectivity index (χ1n) is 9.72. The Morgan fingerprint density at radius 3 is 1.81 bits per heavy atom. The summed E-state index contributed by atoms with van der Waals surface area (Å²) in [6, 6.07) is 10.5. The first-order chi connectivity index (χ1) is 12.8. The third kappa shape index (κ3) is 5.03. The summed E-state index contributed by atoms with van der Waals surface area (Å²) in [5.74, 6) is 2.28. The van der Waals surface area contributed by atoms with Crippen LogP contribution in [0.2, 0.25) is 0 Å². The number of pyridine rings is 1. The molecular weight excluding hydrogens is 334 g/mol. The molecule has 1 aromatic carbocycles. The molecule has 0 saturated carbocycles. The van der Waals surface area contributed by atoms with Crippen LogP contribution in [-0.4, -0.2) is 15.1 Å². The molecule has 3 aromatic rings. The van der Waals surface area contributed by atoms with E-state index in [0.29, 0.717) is 23.6 Å². The summed E-state index contributed by atoms with van der Waals surface area (Å²) >= 11 is 0. The number of aromatic nitrogens is 3. The molecule has 0 saturated heterocycles. The van der Waals surface area contributed by atoms with Crippen LogP contribution in [0.3, 0.4) is 0 Å². The van der Waals surface area contributed by atoms with Gasteiger partial charge < -0.3 is 4.52 Å². The molecule has 0 aliphatic carbocycles. The Morgan fingerprint density at radius 2 is 1.30 bits per heavy atom. The van der Waals surface area contributed by atoms with Gasteiger partial charge in [0.25, 0.3) is 5.89 Å². The van der Waals surface area contributed by atoms with Gasteiger partial charge in [0.05, 0.1) is 0 Å². The van der Waals surface area contributed by atoms with Crippen molar-refractivity contribution in [2.24, 2.45) is 11.8 Å². The number of nitrogens with zero attached hydrogens (tertiary/aromatic N) is 3. The van der Waals surface area contributed by atoms with Crippen molar-refractivity contribution < 1.29 is 4.52 Å². The van der Waals surface area contributed by atoms with E-state index in [1.54, 1.807) is 0 Å². The largest absolute Gasteiger partial charge is 0.334 e. The van der Waals surface area contributed by atoms with Gasteiger partial charge in [-0.2, -0.15) is 4.98 Å². The Balaban J connectivity index is 1.99. The van der Waals surface area contributed by atoms with E-state index in [0.717, 1.165) is 35.4 Å². The summed E-state index contributed by atoms with van der Waals surface area (Å²) in [4.78, 5) is 9.51. The lowest BCUT2D eigenvalue weighted by Gasteiger charge is -2.10. The maximum atomic E-state index is 5.62. The molecule has 0 unspecified atom stereocenters. The molecule has 0 aliphatic heterocycles. The highest BCUT2D eigenvalue weighted by Crippen LogP contribution is 2.26. The van der Waals surface area contributed by atoms with Gasteiger partial charge in [0, 0.05) is 22.5 Å². The molecule has 3 rings (SSSR count). The van der Waals surface area contributed by atoms with Crippen molar-refractivity contribution in [3.8, 4) is 22.8 Å². The Kier molecular flexibility index (Phi) is 5.73. The Labute approximate surface area is 162 Å². The van der Waals surface area contributed by atoms with Crippen molar-refractivity contribution in [1.29, 1.82) is 0 Å². The number of aryl methyl sites for hydroxylation is 2. The molecule has 0 spiro atoms. The third-order valence-corrected chi connectivity index (χ3v) is 4.32. The second-order valence-electron chi connectivity index (χ2n) is 8.33. The molecule has 2 heterocycles. The molecule has 4 heteroatoms. The number of hydrogen-bond acceptors (Lipinski definition) is 4. The van der Waals surface area contributed by atoms with Crippen molar-refractivity contribution >= 4 is 0 Å². The standard InChI is InChI=1S/C23H29N3O/c1-14(2)7-20-12-19(13-21(24-20)8-15(3)4)23-25-22(26-27-23)18-10-16(5)9-17(6)11-18/h9-15H,7-8H2,1-6H3. The molecule has 0 bridgehead atoms. The van der Waals surface area contributed by atoms with Crippen LogP contribution >= 0.6 is 0 Å². The van der Waals surface area contributed by atoms with E-state index in [2.05, 4.69) is 82.0 Å². The van der Waals surface area contributed by atoms with Gasteiger partial charge in [0.1, 0.15) is 0 Å². The van der Waals surface area contributed by atoms with Crippen LogP contribution in [-0.2, 0) is 12.8 Å². The maximum absolute atomic E-state index is 5.62. The van der Waals surface area contributed by atoms with Gasteiger partial charge in [0.15, 0.2) is 0 Å². The van der Waals surface area contributed by atoms with Gasteiger partial charge in [0.2, 0.25) is 5.82 Å². The zero-order valence-electron chi connectivity index (χ0n) is 17.2. The highest BCUT2D eigenvalue weighted by atomic mass is 16.5. The van der Waals surface area contributed by atoms with E-state index in [9.17, 15) is 0 Å². The number of benzene rings is 1. The lowest BCUT2D eigenvalue weighted by molar-refractivity contribution is 0.432. The van der Waals surface area contributed by atoms with Gasteiger partial charge in [-0.05, 0) is 62.8 Å². The predicted octanol–water partition coefficient (Wildman–Crippen LogP) is 5.81. The van der Waals surface area contributed by atoms with Crippen LogP contribution < -0.4 is 0 Å². The minimum absolute atomic E-state index is 0.549. The van der Waals surface area contributed by atoms with E-state index in [-0.39, 0.29) is 0 Å². The average Bonchev–Trinajstić information content (AvgIpc) is 3.02. The molecule has 142 valence electrons. The molecular formula is C23H29N3O. The molecule has 0 amide bonds. The number of hydrogen-bond donors (Lipinski definition) is 0. The average molecular weight is 364 g/mol. The SMILES string of the molecule is Cc1cc(C)cc(-c2noc(-c3cc(CC(C)C)nc(CC(C)C)c3)n2)c1. The lowest BCUT2D eigenvalue weighted by atomic mass is 10.0. The van der Waals surface area contributed by atoms with Gasteiger partial charge in [-0.3, -0.25) is 4.98 Å². The van der Waals surface area contributed by atoms with Crippen LogP contribution in [0.25, 0.3) is 22.8 Å². The Bertz CT molecular complexity index is 877. The molecule has 0 atom stereocenters. The highest BCUT2D eigenvalue weighted by molar-refractivity contribution is 5.61. The van der Waals surface area contributed by atoms with Crippen molar-refractivity contribution in [1.82, 2.24) is 15.1 Å². The van der Waals surface area contributed by atoms with E-state index in [1.165, 1.54) is 11.1 Å². The summed E-state index contributed by atoms with van der Waals surface area (Å²) in [7, 11) is 0. The van der Waals surface area contributed by atoms with Gasteiger partial charge in [-0.15, -0.1) is 0 Å². The topological polar surface area (TPSA) is 51.8 Å². The summed E-state index contributed by atoms with van der Waals surface area (Å²) in [6.45, 7) is 13.0.